The monoisotopic (exact) mass is 415 g/mol. The molecule has 0 saturated carbocycles. The quantitative estimate of drug-likeness (QED) is 0.306. The molecule has 8 nitrogen and oxygen atoms in total. The Balaban J connectivity index is 2.07. The number of non-ortho nitro benzene ring substituents is 1. The molecule has 9 heteroatoms. The summed E-state index contributed by atoms with van der Waals surface area (Å²) >= 11 is 5.37. The van der Waals surface area contributed by atoms with E-state index in [0.717, 1.165) is 5.56 Å². The highest BCUT2D eigenvalue weighted by atomic mass is 32.1. The number of carbonyl (C=O) groups excluding carboxylic acids is 2. The molecule has 29 heavy (non-hydrogen) atoms. The van der Waals surface area contributed by atoms with Crippen molar-refractivity contribution in [2.24, 2.45) is 0 Å². The minimum absolute atomic E-state index is 0.107. The highest BCUT2D eigenvalue weighted by Crippen LogP contribution is 2.12. The SMILES string of the molecule is CCOC(=O)CCN(Cc1ccccc1)C(=S)NC(=O)c1ccc([N+](=O)[O-])cc1. The van der Waals surface area contributed by atoms with Crippen LogP contribution in [0.4, 0.5) is 5.69 Å². The Kier molecular flexibility index (Phi) is 8.23. The van der Waals surface area contributed by atoms with Crippen LogP contribution in [0.1, 0.15) is 29.3 Å². The summed E-state index contributed by atoms with van der Waals surface area (Å²) in [6.07, 6.45) is 0.119. The van der Waals surface area contributed by atoms with Crippen molar-refractivity contribution in [3.63, 3.8) is 0 Å². The lowest BCUT2D eigenvalue weighted by Gasteiger charge is -2.25. The minimum Gasteiger partial charge on any atom is -0.466 e. The van der Waals surface area contributed by atoms with E-state index in [-0.39, 0.29) is 35.3 Å². The van der Waals surface area contributed by atoms with E-state index in [9.17, 15) is 19.7 Å². The standard InChI is InChI=1S/C20H21N3O5S/c1-2-28-18(24)12-13-22(14-15-6-4-3-5-7-15)20(29)21-19(25)16-8-10-17(11-9-16)23(26)27/h3-11H,2,12-14H2,1H3,(H,21,25,29). The second kappa shape index (κ2) is 10.9. The number of esters is 1. The second-order valence-corrected chi connectivity index (χ2v) is 6.41. The number of nitro groups is 1. The largest absolute Gasteiger partial charge is 0.466 e. The third kappa shape index (κ3) is 6.96. The van der Waals surface area contributed by atoms with Gasteiger partial charge >= 0.3 is 5.97 Å². The van der Waals surface area contributed by atoms with Crippen molar-refractivity contribution >= 4 is 34.9 Å². The molecule has 0 fully saturated rings. The van der Waals surface area contributed by atoms with E-state index >= 15 is 0 Å². The van der Waals surface area contributed by atoms with Gasteiger partial charge in [-0.25, -0.2) is 0 Å². The predicted molar refractivity (Wildman–Crippen MR) is 111 cm³/mol. The number of hydrogen-bond acceptors (Lipinski definition) is 6. The summed E-state index contributed by atoms with van der Waals surface area (Å²) in [7, 11) is 0. The van der Waals surface area contributed by atoms with Crippen LogP contribution in [-0.2, 0) is 16.1 Å². The van der Waals surface area contributed by atoms with E-state index in [2.05, 4.69) is 5.32 Å². The summed E-state index contributed by atoms with van der Waals surface area (Å²) in [6, 6.07) is 14.7. The number of ether oxygens (including phenoxy) is 1. The van der Waals surface area contributed by atoms with Crippen molar-refractivity contribution in [1.82, 2.24) is 10.2 Å². The summed E-state index contributed by atoms with van der Waals surface area (Å²) in [5.41, 5.74) is 1.09. The number of thiocarbonyl (C=S) groups is 1. The highest BCUT2D eigenvalue weighted by molar-refractivity contribution is 7.80. The first kappa shape index (κ1) is 22.0. The fourth-order valence-electron chi connectivity index (χ4n) is 2.50. The summed E-state index contributed by atoms with van der Waals surface area (Å²) < 4.78 is 4.95. The van der Waals surface area contributed by atoms with E-state index in [4.69, 9.17) is 17.0 Å². The average molecular weight is 415 g/mol. The molecule has 0 atom stereocenters. The lowest BCUT2D eigenvalue weighted by molar-refractivity contribution is -0.384. The van der Waals surface area contributed by atoms with Crippen LogP contribution < -0.4 is 5.32 Å². The van der Waals surface area contributed by atoms with Gasteiger partial charge in [-0.2, -0.15) is 0 Å². The molecule has 2 aromatic rings. The number of hydrogen-bond donors (Lipinski definition) is 1. The molecule has 0 saturated heterocycles. The Labute approximate surface area is 173 Å². The van der Waals surface area contributed by atoms with Crippen molar-refractivity contribution in [3.8, 4) is 0 Å². The number of amides is 1. The van der Waals surface area contributed by atoms with Crippen LogP contribution in [0, 0.1) is 10.1 Å². The Hall–Kier alpha value is -3.33. The molecule has 2 aromatic carbocycles. The summed E-state index contributed by atoms with van der Waals surface area (Å²) in [5.74, 6) is -0.839. The Morgan fingerprint density at radius 1 is 1.14 bits per heavy atom. The lowest BCUT2D eigenvalue weighted by Crippen LogP contribution is -2.43. The molecule has 0 spiro atoms. The van der Waals surface area contributed by atoms with Crippen molar-refractivity contribution in [2.45, 2.75) is 19.9 Å². The molecular weight excluding hydrogens is 394 g/mol. The van der Waals surface area contributed by atoms with Gasteiger partial charge in [0.1, 0.15) is 0 Å². The smallest absolute Gasteiger partial charge is 0.307 e. The predicted octanol–water partition coefficient (Wildman–Crippen LogP) is 3.06. The topological polar surface area (TPSA) is 102 Å². The van der Waals surface area contributed by atoms with E-state index in [1.165, 1.54) is 24.3 Å². The molecule has 1 amide bonds. The second-order valence-electron chi connectivity index (χ2n) is 6.03. The molecule has 0 radical (unpaired) electrons. The van der Waals surface area contributed by atoms with Crippen LogP contribution in [0.3, 0.4) is 0 Å². The number of carbonyl (C=O) groups is 2. The van der Waals surface area contributed by atoms with E-state index in [0.29, 0.717) is 13.2 Å². The summed E-state index contributed by atoms with van der Waals surface area (Å²) in [6.45, 7) is 2.69. The molecule has 152 valence electrons. The first-order valence-electron chi connectivity index (χ1n) is 8.95. The third-order valence-electron chi connectivity index (χ3n) is 3.96. The highest BCUT2D eigenvalue weighted by Gasteiger charge is 2.17. The average Bonchev–Trinajstić information content (AvgIpc) is 2.72. The molecule has 1 N–H and O–H groups in total. The van der Waals surface area contributed by atoms with Crippen LogP contribution in [0.2, 0.25) is 0 Å². The number of benzene rings is 2. The normalized spacial score (nSPS) is 10.1. The van der Waals surface area contributed by atoms with E-state index in [1.807, 2.05) is 30.3 Å². The zero-order valence-electron chi connectivity index (χ0n) is 15.9. The van der Waals surface area contributed by atoms with Gasteiger partial charge in [-0.15, -0.1) is 0 Å². The third-order valence-corrected chi connectivity index (χ3v) is 4.32. The molecule has 0 aliphatic rings. The van der Waals surface area contributed by atoms with Gasteiger partial charge in [-0.05, 0) is 36.8 Å². The first-order valence-corrected chi connectivity index (χ1v) is 9.35. The number of nitro benzene ring substituents is 1. The maximum atomic E-state index is 12.4. The van der Waals surface area contributed by atoms with Gasteiger partial charge in [0.2, 0.25) is 0 Å². The van der Waals surface area contributed by atoms with Crippen LogP contribution in [0.15, 0.2) is 54.6 Å². The lowest BCUT2D eigenvalue weighted by atomic mass is 10.2. The zero-order chi connectivity index (χ0) is 21.2. The van der Waals surface area contributed by atoms with Crippen molar-refractivity contribution in [1.29, 1.82) is 0 Å². The molecule has 0 bridgehead atoms. The fraction of sp³-hybridized carbons (Fsp3) is 0.250. The number of nitrogens with one attached hydrogen (secondary N) is 1. The molecule has 0 unspecified atom stereocenters. The number of nitrogens with zero attached hydrogens (tertiary/aromatic N) is 2. The van der Waals surface area contributed by atoms with Crippen molar-refractivity contribution in [2.75, 3.05) is 13.2 Å². The van der Waals surface area contributed by atoms with E-state index in [1.54, 1.807) is 11.8 Å². The van der Waals surface area contributed by atoms with Crippen LogP contribution in [0.5, 0.6) is 0 Å². The molecular formula is C20H21N3O5S. The van der Waals surface area contributed by atoms with Gasteiger partial charge in [0, 0.05) is 30.8 Å². The summed E-state index contributed by atoms with van der Waals surface area (Å²) in [5, 5.41) is 13.5. The Bertz CT molecular complexity index is 871. The molecule has 2 rings (SSSR count). The molecule has 0 heterocycles. The number of rotatable bonds is 8. The summed E-state index contributed by atoms with van der Waals surface area (Å²) in [4.78, 5) is 36.1. The van der Waals surface area contributed by atoms with Crippen molar-refractivity contribution in [3.05, 3.63) is 75.8 Å². The maximum Gasteiger partial charge on any atom is 0.307 e. The van der Waals surface area contributed by atoms with E-state index < -0.39 is 10.8 Å². The van der Waals surface area contributed by atoms with Crippen LogP contribution in [-0.4, -0.2) is 40.0 Å². The Morgan fingerprint density at radius 2 is 1.79 bits per heavy atom. The molecule has 0 aliphatic heterocycles. The van der Waals surface area contributed by atoms with Gasteiger partial charge in [0.05, 0.1) is 18.0 Å². The fourth-order valence-corrected chi connectivity index (χ4v) is 2.75. The van der Waals surface area contributed by atoms with Gasteiger partial charge in [-0.1, -0.05) is 30.3 Å². The molecule has 0 aliphatic carbocycles. The minimum atomic E-state index is -0.538. The molecule has 0 aromatic heterocycles. The van der Waals surface area contributed by atoms with Gasteiger partial charge < -0.3 is 9.64 Å². The van der Waals surface area contributed by atoms with Crippen LogP contribution >= 0.6 is 12.2 Å². The van der Waals surface area contributed by atoms with Crippen LogP contribution in [0.25, 0.3) is 0 Å². The Morgan fingerprint density at radius 3 is 2.38 bits per heavy atom. The van der Waals surface area contributed by atoms with Gasteiger partial charge in [0.25, 0.3) is 11.6 Å². The first-order chi connectivity index (χ1) is 13.9. The van der Waals surface area contributed by atoms with Gasteiger partial charge in [0.15, 0.2) is 5.11 Å². The van der Waals surface area contributed by atoms with Crippen molar-refractivity contribution < 1.29 is 19.2 Å². The zero-order valence-corrected chi connectivity index (χ0v) is 16.7. The van der Waals surface area contributed by atoms with Gasteiger partial charge in [-0.3, -0.25) is 25.0 Å². The maximum absolute atomic E-state index is 12.4.